The van der Waals surface area contributed by atoms with E-state index in [2.05, 4.69) is 47.6 Å². The van der Waals surface area contributed by atoms with Crippen molar-refractivity contribution in [2.75, 3.05) is 6.61 Å². The third-order valence-corrected chi connectivity index (χ3v) is 13.5. The molecule has 5 aliphatic rings. The Morgan fingerprint density at radius 3 is 2.39 bits per heavy atom. The molecule has 6 heteroatoms. The lowest BCUT2D eigenvalue weighted by molar-refractivity contribution is -0.313. The number of aliphatic hydroxyl groups is 4. The van der Waals surface area contributed by atoms with Crippen LogP contribution >= 0.6 is 0 Å². The van der Waals surface area contributed by atoms with E-state index in [1.807, 2.05) is 0 Å². The van der Waals surface area contributed by atoms with E-state index in [1.54, 1.807) is 0 Å². The Kier molecular flexibility index (Phi) is 9.71. The fourth-order valence-corrected chi connectivity index (χ4v) is 10.8. The number of rotatable bonds is 9. The first-order valence-electron chi connectivity index (χ1n) is 17.1. The van der Waals surface area contributed by atoms with Crippen LogP contribution in [0, 0.1) is 52.3 Å². The average Bonchev–Trinajstić information content (AvgIpc) is 3.30. The number of hydrogen-bond donors (Lipinski definition) is 4. The SMILES string of the molecule is CC[C@H](CC[C@@H](C)[C@@H]1CC[C@@H]2[C@H]3CC=C4C[C@@H](O[C@H]5O[C@@H](CO)[C@@H](O)[C@@H](O)[C@@H]5O)CC[C@]4(C)[C@@H]3CC[C@@]21C)C(C)C. The standard InChI is InChI=1S/C35H60O6/c1-7-22(20(2)3)9-8-21(4)26-12-13-27-25-11-10-23-18-24(14-16-34(23,5)28(25)15-17-35(26,27)6)40-33-32(39)31(38)30(37)29(19-36)41-33/h10,20-22,24-33,36-39H,7-9,11-19H2,1-6H3/t21-,22-,24+,25-,26+,27-,28-,29+,30-,31-,32+,33+,34+,35-/m1/s1. The summed E-state index contributed by atoms with van der Waals surface area (Å²) >= 11 is 0. The number of hydrogen-bond acceptors (Lipinski definition) is 6. The molecule has 0 aromatic carbocycles. The van der Waals surface area contributed by atoms with Gasteiger partial charge in [0.2, 0.25) is 0 Å². The molecule has 14 atom stereocenters. The molecule has 0 amide bonds. The van der Waals surface area contributed by atoms with Crippen LogP contribution in [0.3, 0.4) is 0 Å². The first kappa shape index (κ1) is 31.9. The summed E-state index contributed by atoms with van der Waals surface area (Å²) in [5, 5.41) is 40.4. The minimum Gasteiger partial charge on any atom is -0.394 e. The second kappa shape index (κ2) is 12.5. The lowest BCUT2D eigenvalue weighted by Crippen LogP contribution is -2.60. The van der Waals surface area contributed by atoms with Gasteiger partial charge in [0.25, 0.3) is 0 Å². The average molecular weight is 577 g/mol. The molecule has 4 N–H and O–H groups in total. The molecule has 4 aliphatic carbocycles. The van der Waals surface area contributed by atoms with Crippen molar-refractivity contribution in [3.63, 3.8) is 0 Å². The van der Waals surface area contributed by atoms with Gasteiger partial charge in [-0.25, -0.2) is 0 Å². The van der Waals surface area contributed by atoms with Gasteiger partial charge in [-0.15, -0.1) is 0 Å². The van der Waals surface area contributed by atoms with Gasteiger partial charge in [-0.3, -0.25) is 0 Å². The second-order valence-corrected chi connectivity index (χ2v) is 15.7. The Morgan fingerprint density at radius 2 is 1.71 bits per heavy atom. The van der Waals surface area contributed by atoms with Gasteiger partial charge < -0.3 is 29.9 Å². The van der Waals surface area contributed by atoms with Gasteiger partial charge in [0.15, 0.2) is 6.29 Å². The molecule has 6 nitrogen and oxygen atoms in total. The molecule has 236 valence electrons. The van der Waals surface area contributed by atoms with E-state index in [-0.39, 0.29) is 11.5 Å². The van der Waals surface area contributed by atoms with E-state index in [9.17, 15) is 20.4 Å². The Labute approximate surface area is 249 Å². The van der Waals surface area contributed by atoms with Crippen LogP contribution in [0.25, 0.3) is 0 Å². The molecule has 0 bridgehead atoms. The van der Waals surface area contributed by atoms with Crippen molar-refractivity contribution < 1.29 is 29.9 Å². The van der Waals surface area contributed by atoms with Gasteiger partial charge in [0.05, 0.1) is 12.7 Å². The molecule has 1 aliphatic heterocycles. The predicted molar refractivity (Wildman–Crippen MR) is 161 cm³/mol. The number of fused-ring (bicyclic) bond motifs is 5. The monoisotopic (exact) mass is 576 g/mol. The van der Waals surface area contributed by atoms with E-state index in [1.165, 1.54) is 56.9 Å². The zero-order valence-corrected chi connectivity index (χ0v) is 26.7. The molecule has 1 saturated heterocycles. The summed E-state index contributed by atoms with van der Waals surface area (Å²) in [5.41, 5.74) is 2.19. The zero-order chi connectivity index (χ0) is 29.7. The highest BCUT2D eigenvalue weighted by molar-refractivity contribution is 5.25. The summed E-state index contributed by atoms with van der Waals surface area (Å²) < 4.78 is 11.9. The first-order valence-corrected chi connectivity index (χ1v) is 17.1. The van der Waals surface area contributed by atoms with Gasteiger partial charge >= 0.3 is 0 Å². The summed E-state index contributed by atoms with van der Waals surface area (Å²) in [5.74, 6) is 5.66. The van der Waals surface area contributed by atoms with Crippen molar-refractivity contribution in [1.82, 2.24) is 0 Å². The van der Waals surface area contributed by atoms with Crippen LogP contribution in [0.1, 0.15) is 112 Å². The molecule has 0 spiro atoms. The van der Waals surface area contributed by atoms with Crippen molar-refractivity contribution >= 4 is 0 Å². The highest BCUT2D eigenvalue weighted by Crippen LogP contribution is 2.67. The highest BCUT2D eigenvalue weighted by atomic mass is 16.7. The molecule has 0 unspecified atom stereocenters. The third kappa shape index (κ3) is 5.73. The molecule has 1 heterocycles. The largest absolute Gasteiger partial charge is 0.394 e. The Balaban J connectivity index is 1.24. The quantitative estimate of drug-likeness (QED) is 0.257. The van der Waals surface area contributed by atoms with Crippen LogP contribution in [0.2, 0.25) is 0 Å². The maximum atomic E-state index is 10.5. The Bertz CT molecular complexity index is 918. The normalized spacial score (nSPS) is 47.7. The smallest absolute Gasteiger partial charge is 0.186 e. The molecule has 41 heavy (non-hydrogen) atoms. The van der Waals surface area contributed by atoms with Crippen LogP contribution < -0.4 is 0 Å². The zero-order valence-electron chi connectivity index (χ0n) is 26.7. The number of allylic oxidation sites excluding steroid dienone is 1. The molecule has 4 fully saturated rings. The maximum Gasteiger partial charge on any atom is 0.186 e. The molecule has 0 radical (unpaired) electrons. The van der Waals surface area contributed by atoms with Crippen LogP contribution in [0.5, 0.6) is 0 Å². The molecule has 0 aromatic heterocycles. The maximum absolute atomic E-state index is 10.5. The minimum absolute atomic E-state index is 0.101. The highest BCUT2D eigenvalue weighted by Gasteiger charge is 2.59. The predicted octanol–water partition coefficient (Wildman–Crippen LogP) is 5.85. The third-order valence-electron chi connectivity index (χ3n) is 13.5. The molecular formula is C35H60O6. The summed E-state index contributed by atoms with van der Waals surface area (Å²) in [6.07, 6.45) is 9.92. The van der Waals surface area contributed by atoms with Crippen molar-refractivity contribution in [3.8, 4) is 0 Å². The van der Waals surface area contributed by atoms with Crippen LogP contribution in [0.4, 0.5) is 0 Å². The molecule has 3 saturated carbocycles. The first-order chi connectivity index (χ1) is 19.4. The molecule has 5 rings (SSSR count). The van der Waals surface area contributed by atoms with Crippen molar-refractivity contribution in [1.29, 1.82) is 0 Å². The Morgan fingerprint density at radius 1 is 0.951 bits per heavy atom. The summed E-state index contributed by atoms with van der Waals surface area (Å²) in [4.78, 5) is 0. The van der Waals surface area contributed by atoms with Gasteiger partial charge in [0, 0.05) is 0 Å². The Hall–Kier alpha value is -0.500. The van der Waals surface area contributed by atoms with Crippen molar-refractivity contribution in [3.05, 3.63) is 11.6 Å². The van der Waals surface area contributed by atoms with Crippen LogP contribution in [0.15, 0.2) is 11.6 Å². The molecular weight excluding hydrogens is 516 g/mol. The number of aliphatic hydroxyl groups excluding tert-OH is 4. The topological polar surface area (TPSA) is 99.4 Å². The van der Waals surface area contributed by atoms with Crippen molar-refractivity contribution in [2.24, 2.45) is 52.3 Å². The van der Waals surface area contributed by atoms with Crippen molar-refractivity contribution in [2.45, 2.75) is 149 Å². The van der Waals surface area contributed by atoms with E-state index in [0.29, 0.717) is 5.41 Å². The fraction of sp³-hybridized carbons (Fsp3) is 0.943. The minimum atomic E-state index is -1.40. The van der Waals surface area contributed by atoms with E-state index in [4.69, 9.17) is 9.47 Å². The second-order valence-electron chi connectivity index (χ2n) is 15.7. The van der Waals surface area contributed by atoms with Crippen LogP contribution in [-0.4, -0.2) is 63.8 Å². The summed E-state index contributed by atoms with van der Waals surface area (Å²) in [7, 11) is 0. The summed E-state index contributed by atoms with van der Waals surface area (Å²) in [6.45, 7) is 14.5. The lowest BCUT2D eigenvalue weighted by Gasteiger charge is -2.58. The van der Waals surface area contributed by atoms with Gasteiger partial charge in [-0.05, 0) is 110 Å². The molecule has 0 aromatic rings. The van der Waals surface area contributed by atoms with E-state index < -0.39 is 37.3 Å². The van der Waals surface area contributed by atoms with Gasteiger partial charge in [0.1, 0.15) is 24.4 Å². The van der Waals surface area contributed by atoms with Gasteiger partial charge in [-0.2, -0.15) is 0 Å². The van der Waals surface area contributed by atoms with E-state index in [0.717, 1.165) is 60.7 Å². The summed E-state index contributed by atoms with van der Waals surface area (Å²) in [6, 6.07) is 0. The lowest BCUT2D eigenvalue weighted by atomic mass is 9.47. The number of ether oxygens (including phenoxy) is 2. The van der Waals surface area contributed by atoms with Gasteiger partial charge in [-0.1, -0.05) is 66.0 Å². The van der Waals surface area contributed by atoms with Crippen LogP contribution in [-0.2, 0) is 9.47 Å². The fourth-order valence-electron chi connectivity index (χ4n) is 10.8. The van der Waals surface area contributed by atoms with E-state index >= 15 is 0 Å².